The Hall–Kier alpha value is -6.44. The summed E-state index contributed by atoms with van der Waals surface area (Å²) >= 11 is 0. The van der Waals surface area contributed by atoms with Crippen LogP contribution in [0.25, 0.3) is 22.0 Å². The number of aromatic nitrogens is 1. The third kappa shape index (κ3) is 8.03. The summed E-state index contributed by atoms with van der Waals surface area (Å²) in [7, 11) is 1.96. The lowest BCUT2D eigenvalue weighted by Gasteiger charge is -2.55. The average Bonchev–Trinajstić information content (AvgIpc) is 3.59. The number of nitrogens with one attached hydrogen (secondary N) is 1. The van der Waals surface area contributed by atoms with Crippen molar-refractivity contribution in [3.63, 3.8) is 0 Å². The number of amides is 5. The number of urea groups is 1. The summed E-state index contributed by atoms with van der Waals surface area (Å²) in [5.74, 6) is -0.481. The molecule has 8 rings (SSSR count). The SMILES string of the molecule is C=CCN1CC(=O)N2[C@@H](Cc3ccc(O)cc3)C(=O)N(Cc3cccc4c(-c5cccc(C(=O)N6CCC(O)CC6)c5)cn(C)c34)C[C@@H]2N1C(=O)NCc1ccccc1. The molecule has 3 aliphatic rings. The maximum Gasteiger partial charge on any atom is 0.334 e. The van der Waals surface area contributed by atoms with E-state index in [1.165, 1.54) is 0 Å². The first-order chi connectivity index (χ1) is 28.6. The number of aliphatic hydroxyl groups excluding tert-OH is 1. The minimum atomic E-state index is -0.923. The normalized spacial score (nSPS) is 18.9. The Bertz CT molecular complexity index is 2370. The quantitative estimate of drug-likeness (QED) is 0.171. The van der Waals surface area contributed by atoms with Gasteiger partial charge in [0.15, 0.2) is 0 Å². The first-order valence-electron chi connectivity index (χ1n) is 20.1. The topological polar surface area (TPSA) is 142 Å². The Morgan fingerprint density at radius 3 is 2.41 bits per heavy atom. The van der Waals surface area contributed by atoms with Crippen LogP contribution in [0.15, 0.2) is 116 Å². The molecule has 3 fully saturated rings. The van der Waals surface area contributed by atoms with Gasteiger partial charge in [-0.25, -0.2) is 14.8 Å². The number of likely N-dealkylation sites (tertiary alicyclic amines) is 1. The molecular formula is C46H49N7O6. The number of aryl methyl sites for hydroxylation is 1. The molecule has 5 aromatic rings. The van der Waals surface area contributed by atoms with Gasteiger partial charge in [-0.2, -0.15) is 0 Å². The van der Waals surface area contributed by atoms with Crippen molar-refractivity contribution in [3.05, 3.63) is 138 Å². The summed E-state index contributed by atoms with van der Waals surface area (Å²) in [4.78, 5) is 61.7. The number of phenolic OH excluding ortho intramolecular Hbond substituents is 1. The molecule has 304 valence electrons. The van der Waals surface area contributed by atoms with Gasteiger partial charge in [-0.1, -0.05) is 78.9 Å². The number of aliphatic hydroxyl groups is 1. The van der Waals surface area contributed by atoms with E-state index < -0.39 is 18.2 Å². The number of carbonyl (C=O) groups excluding carboxylic acids is 4. The molecule has 0 spiro atoms. The molecule has 3 N–H and O–H groups in total. The fraction of sp³-hybridized carbons (Fsp3) is 0.304. The number of fused-ring (bicyclic) bond motifs is 2. The predicted molar refractivity (Wildman–Crippen MR) is 223 cm³/mol. The highest BCUT2D eigenvalue weighted by atomic mass is 16.3. The Kier molecular flexibility index (Phi) is 11.2. The van der Waals surface area contributed by atoms with E-state index in [1.54, 1.807) is 55.1 Å². The Morgan fingerprint density at radius 2 is 1.66 bits per heavy atom. The van der Waals surface area contributed by atoms with Crippen LogP contribution >= 0.6 is 0 Å². The summed E-state index contributed by atoms with van der Waals surface area (Å²) < 4.78 is 2.04. The Labute approximate surface area is 343 Å². The summed E-state index contributed by atoms with van der Waals surface area (Å²) in [6.07, 6.45) is 3.81. The Balaban J connectivity index is 1.13. The number of piperidine rings is 1. The third-order valence-electron chi connectivity index (χ3n) is 11.6. The molecule has 3 saturated heterocycles. The van der Waals surface area contributed by atoms with Crippen molar-refractivity contribution in [1.82, 2.24) is 34.6 Å². The van der Waals surface area contributed by atoms with Crippen LogP contribution < -0.4 is 5.32 Å². The van der Waals surface area contributed by atoms with Crippen LogP contribution in [0.4, 0.5) is 4.79 Å². The predicted octanol–water partition coefficient (Wildman–Crippen LogP) is 4.88. The van der Waals surface area contributed by atoms with Gasteiger partial charge in [0.05, 0.1) is 24.7 Å². The molecule has 4 heterocycles. The molecule has 2 atom stereocenters. The lowest BCUT2D eigenvalue weighted by atomic mass is 9.97. The molecule has 5 amide bonds. The molecule has 3 aliphatic heterocycles. The third-order valence-corrected chi connectivity index (χ3v) is 11.6. The molecule has 0 aliphatic carbocycles. The van der Waals surface area contributed by atoms with Crippen LogP contribution in [0.2, 0.25) is 0 Å². The zero-order valence-electron chi connectivity index (χ0n) is 33.1. The van der Waals surface area contributed by atoms with Crippen LogP contribution in [0, 0.1) is 0 Å². The van der Waals surface area contributed by atoms with E-state index in [0.717, 1.165) is 38.7 Å². The van der Waals surface area contributed by atoms with Crippen LogP contribution in [-0.2, 0) is 36.1 Å². The number of hydrogen-bond donors (Lipinski definition) is 3. The van der Waals surface area contributed by atoms with E-state index in [1.807, 2.05) is 90.6 Å². The summed E-state index contributed by atoms with van der Waals surface area (Å²) in [6.45, 7) is 5.60. The number of aromatic hydroxyl groups is 1. The second kappa shape index (κ2) is 16.8. The number of hydrazine groups is 1. The van der Waals surface area contributed by atoms with Gasteiger partial charge in [0, 0.05) is 68.9 Å². The molecule has 0 saturated carbocycles. The van der Waals surface area contributed by atoms with Gasteiger partial charge in [0.2, 0.25) is 11.8 Å². The number of benzene rings is 4. The number of piperazine rings is 1. The molecule has 1 aromatic heterocycles. The first-order valence-corrected chi connectivity index (χ1v) is 20.1. The van der Waals surface area contributed by atoms with E-state index in [9.17, 15) is 29.4 Å². The Morgan fingerprint density at radius 1 is 0.915 bits per heavy atom. The van der Waals surface area contributed by atoms with Gasteiger partial charge < -0.3 is 34.8 Å². The maximum absolute atomic E-state index is 14.8. The second-order valence-electron chi connectivity index (χ2n) is 15.6. The molecule has 0 bridgehead atoms. The molecule has 0 radical (unpaired) electrons. The van der Waals surface area contributed by atoms with Gasteiger partial charge in [-0.3, -0.25) is 14.4 Å². The van der Waals surface area contributed by atoms with Crippen LogP contribution in [-0.4, -0.2) is 114 Å². The maximum atomic E-state index is 14.8. The zero-order chi connectivity index (χ0) is 41.2. The largest absolute Gasteiger partial charge is 0.508 e. The smallest absolute Gasteiger partial charge is 0.334 e. The number of rotatable bonds is 10. The standard InChI is InChI=1S/C46H49N7O6/c1-3-21-51-30-42(56)52-40(24-31-15-17-36(54)18-16-31)45(58)50(29-41(52)53(51)46(59)47-26-32-9-5-4-6-10-32)27-35-13-8-14-38-39(28-48(2)43(35)38)33-11-7-12-34(25-33)44(57)49-22-19-37(55)20-23-49/h3-18,25,28,37,40-41,54-55H,1,19-24,26-27,29-30H2,2H3,(H,47,59)/t40-,41-/m0/s1. The number of carbonyl (C=O) groups is 4. The van der Waals surface area contributed by atoms with E-state index in [-0.39, 0.29) is 68.7 Å². The van der Waals surface area contributed by atoms with Crippen molar-refractivity contribution in [2.45, 2.75) is 50.7 Å². The molecular weight excluding hydrogens is 747 g/mol. The van der Waals surface area contributed by atoms with E-state index >= 15 is 0 Å². The minimum absolute atomic E-state index is 0.0603. The highest BCUT2D eigenvalue weighted by molar-refractivity contribution is 6.01. The summed E-state index contributed by atoms with van der Waals surface area (Å²) in [5.41, 5.74) is 5.88. The van der Waals surface area contributed by atoms with Crippen molar-refractivity contribution >= 4 is 34.7 Å². The monoisotopic (exact) mass is 795 g/mol. The van der Waals surface area contributed by atoms with Crippen LogP contribution in [0.3, 0.4) is 0 Å². The number of nitrogens with zero attached hydrogens (tertiary/aromatic N) is 6. The lowest BCUT2D eigenvalue weighted by Crippen LogP contribution is -2.76. The van der Waals surface area contributed by atoms with Crippen LogP contribution in [0.5, 0.6) is 5.75 Å². The number of para-hydroxylation sites is 1. The fourth-order valence-electron chi connectivity index (χ4n) is 8.74. The van der Waals surface area contributed by atoms with Crippen LogP contribution in [0.1, 0.15) is 39.9 Å². The highest BCUT2D eigenvalue weighted by Crippen LogP contribution is 2.35. The van der Waals surface area contributed by atoms with Crippen molar-refractivity contribution < 1.29 is 29.4 Å². The van der Waals surface area contributed by atoms with E-state index in [4.69, 9.17) is 0 Å². The van der Waals surface area contributed by atoms with Crippen molar-refractivity contribution in [1.29, 1.82) is 0 Å². The van der Waals surface area contributed by atoms with Gasteiger partial charge in [-0.05, 0) is 59.4 Å². The molecule has 59 heavy (non-hydrogen) atoms. The van der Waals surface area contributed by atoms with E-state index in [0.29, 0.717) is 31.5 Å². The van der Waals surface area contributed by atoms with Crippen molar-refractivity contribution in [3.8, 4) is 16.9 Å². The van der Waals surface area contributed by atoms with Gasteiger partial charge in [0.25, 0.3) is 5.91 Å². The number of phenols is 1. The van der Waals surface area contributed by atoms with Crippen molar-refractivity contribution in [2.75, 3.05) is 32.7 Å². The minimum Gasteiger partial charge on any atom is -0.508 e. The fourth-order valence-corrected chi connectivity index (χ4v) is 8.74. The molecule has 13 nitrogen and oxygen atoms in total. The van der Waals surface area contributed by atoms with Gasteiger partial charge >= 0.3 is 6.03 Å². The van der Waals surface area contributed by atoms with Crippen molar-refractivity contribution in [2.24, 2.45) is 7.05 Å². The second-order valence-corrected chi connectivity index (χ2v) is 15.6. The molecule has 4 aromatic carbocycles. The number of hydrogen-bond acceptors (Lipinski definition) is 7. The lowest BCUT2D eigenvalue weighted by molar-refractivity contribution is -0.189. The molecule has 13 heteroatoms. The summed E-state index contributed by atoms with van der Waals surface area (Å²) in [5, 5.41) is 27.2. The van der Waals surface area contributed by atoms with E-state index in [2.05, 4.69) is 11.9 Å². The zero-order valence-corrected chi connectivity index (χ0v) is 33.1. The summed E-state index contributed by atoms with van der Waals surface area (Å²) in [6, 6.07) is 28.5. The average molecular weight is 796 g/mol. The van der Waals surface area contributed by atoms with Gasteiger partial charge in [0.1, 0.15) is 18.0 Å². The van der Waals surface area contributed by atoms with Gasteiger partial charge in [-0.15, -0.1) is 6.58 Å². The highest BCUT2D eigenvalue weighted by Gasteiger charge is 2.51. The first kappa shape index (κ1) is 39.4. The molecule has 0 unspecified atom stereocenters.